The first-order valence-corrected chi connectivity index (χ1v) is 8.30. The van der Waals surface area contributed by atoms with Gasteiger partial charge in [0.1, 0.15) is 0 Å². The monoisotopic (exact) mass is 184 g/mol. The molecule has 0 rings (SSSR count). The summed E-state index contributed by atoms with van der Waals surface area (Å²) in [6.07, 6.45) is 7.28. The fraction of sp³-hybridized carbons (Fsp3) is 1.00. The Labute approximate surface area is 83.1 Å². The van der Waals surface area contributed by atoms with Gasteiger partial charge < -0.3 is 0 Å². The van der Waals surface area contributed by atoms with Crippen LogP contribution in [0.2, 0.25) is 15.8 Å². The SMILES string of the molecule is CCCCC[CH2][Al]([CH2]C)[CH2]CC. The van der Waals surface area contributed by atoms with E-state index in [1.807, 2.05) is 0 Å². The molecule has 0 radical (unpaired) electrons. The topological polar surface area (TPSA) is 0 Å². The Morgan fingerprint density at radius 2 is 1.50 bits per heavy atom. The molecule has 0 unspecified atom stereocenters. The zero-order valence-electron chi connectivity index (χ0n) is 9.23. The van der Waals surface area contributed by atoms with Gasteiger partial charge in [-0.3, -0.25) is 0 Å². The predicted octanol–water partition coefficient (Wildman–Crippen LogP) is 4.49. The van der Waals surface area contributed by atoms with E-state index in [4.69, 9.17) is 0 Å². The predicted molar refractivity (Wildman–Crippen MR) is 60.3 cm³/mol. The molecule has 0 heterocycles. The Hall–Kier alpha value is 0.532. The normalized spacial score (nSPS) is 10.2. The van der Waals surface area contributed by atoms with Crippen molar-refractivity contribution < 1.29 is 0 Å². The minimum absolute atomic E-state index is 0.256. The molecule has 0 aromatic heterocycles. The van der Waals surface area contributed by atoms with Gasteiger partial charge in [0.25, 0.3) is 14.1 Å². The Balaban J connectivity index is 3.19. The van der Waals surface area contributed by atoms with Crippen molar-refractivity contribution in [2.24, 2.45) is 0 Å². The van der Waals surface area contributed by atoms with E-state index in [0.29, 0.717) is 0 Å². The maximum Gasteiger partial charge on any atom is 0.261 e. The van der Waals surface area contributed by atoms with Gasteiger partial charge in [-0.2, -0.15) is 0 Å². The summed E-state index contributed by atoms with van der Waals surface area (Å²) in [6, 6.07) is 0. The van der Waals surface area contributed by atoms with Gasteiger partial charge in [-0.1, -0.05) is 68.7 Å². The van der Waals surface area contributed by atoms with E-state index >= 15 is 0 Å². The molecule has 0 aliphatic heterocycles. The maximum absolute atomic E-state index is 2.40. The first-order chi connectivity index (χ1) is 5.85. The van der Waals surface area contributed by atoms with Crippen molar-refractivity contribution in [3.8, 4) is 0 Å². The summed E-state index contributed by atoms with van der Waals surface area (Å²) in [5.74, 6) is 0. The Morgan fingerprint density at radius 1 is 0.750 bits per heavy atom. The van der Waals surface area contributed by atoms with E-state index in [-0.39, 0.29) is 14.1 Å². The van der Waals surface area contributed by atoms with Gasteiger partial charge in [-0.05, 0) is 0 Å². The molecule has 0 aliphatic rings. The van der Waals surface area contributed by atoms with Crippen molar-refractivity contribution >= 4 is 14.1 Å². The van der Waals surface area contributed by atoms with Gasteiger partial charge in [-0.25, -0.2) is 0 Å². The molecule has 0 atom stereocenters. The third-order valence-electron chi connectivity index (χ3n) is 2.74. The highest BCUT2D eigenvalue weighted by Crippen LogP contribution is 2.13. The van der Waals surface area contributed by atoms with Crippen molar-refractivity contribution in [1.82, 2.24) is 0 Å². The number of hydrogen-bond acceptors (Lipinski definition) is 0. The lowest BCUT2D eigenvalue weighted by atomic mass is 10.2. The zero-order valence-corrected chi connectivity index (χ0v) is 10.4. The molecule has 0 aromatic rings. The van der Waals surface area contributed by atoms with Crippen LogP contribution < -0.4 is 0 Å². The quantitative estimate of drug-likeness (QED) is 0.385. The third-order valence-corrected chi connectivity index (χ3v) is 6.51. The van der Waals surface area contributed by atoms with Crippen LogP contribution in [-0.2, 0) is 0 Å². The van der Waals surface area contributed by atoms with Crippen molar-refractivity contribution in [2.75, 3.05) is 0 Å². The lowest BCUT2D eigenvalue weighted by Crippen LogP contribution is -2.09. The second kappa shape index (κ2) is 9.62. The molecule has 0 saturated carbocycles. The molecule has 0 N–H and O–H groups in total. The molecule has 0 aliphatic carbocycles. The van der Waals surface area contributed by atoms with Crippen molar-refractivity contribution in [3.63, 3.8) is 0 Å². The van der Waals surface area contributed by atoms with Gasteiger partial charge in [0.05, 0.1) is 0 Å². The van der Waals surface area contributed by atoms with Crippen LogP contribution in [-0.4, -0.2) is 14.1 Å². The Bertz CT molecular complexity index is 81.1. The van der Waals surface area contributed by atoms with Crippen LogP contribution in [0.1, 0.15) is 52.9 Å². The Morgan fingerprint density at radius 3 is 2.00 bits per heavy atom. The largest absolute Gasteiger partial charge is 0.261 e. The van der Waals surface area contributed by atoms with Gasteiger partial charge in [0.15, 0.2) is 0 Å². The second-order valence-corrected chi connectivity index (χ2v) is 7.62. The van der Waals surface area contributed by atoms with Crippen molar-refractivity contribution in [2.45, 2.75) is 68.7 Å². The molecular formula is C11H25Al. The average molecular weight is 184 g/mol. The van der Waals surface area contributed by atoms with Crippen LogP contribution in [0.25, 0.3) is 0 Å². The maximum atomic E-state index is 2.40. The minimum atomic E-state index is -0.256. The highest BCUT2D eigenvalue weighted by atomic mass is 27.2. The van der Waals surface area contributed by atoms with Crippen LogP contribution in [0.4, 0.5) is 0 Å². The fourth-order valence-electron chi connectivity index (χ4n) is 1.82. The van der Waals surface area contributed by atoms with Crippen LogP contribution in [0, 0.1) is 0 Å². The van der Waals surface area contributed by atoms with Gasteiger partial charge in [0.2, 0.25) is 0 Å². The summed E-state index contributed by atoms with van der Waals surface area (Å²) in [7, 11) is 0. The van der Waals surface area contributed by atoms with Crippen LogP contribution >= 0.6 is 0 Å². The molecule has 0 aromatic carbocycles. The summed E-state index contributed by atoms with van der Waals surface area (Å²) in [6.45, 7) is 7.02. The van der Waals surface area contributed by atoms with E-state index in [1.54, 1.807) is 10.6 Å². The van der Waals surface area contributed by atoms with Crippen LogP contribution in [0.5, 0.6) is 0 Å². The molecule has 0 bridgehead atoms. The number of rotatable bonds is 8. The van der Waals surface area contributed by atoms with Gasteiger partial charge in [0, 0.05) is 0 Å². The van der Waals surface area contributed by atoms with Crippen LogP contribution in [0.15, 0.2) is 0 Å². The smallest absolute Gasteiger partial charge is 0.0967 e. The zero-order chi connectivity index (χ0) is 9.23. The highest BCUT2D eigenvalue weighted by molar-refractivity contribution is 6.58. The average Bonchev–Trinajstić information content (AvgIpc) is 2.10. The van der Waals surface area contributed by atoms with Crippen LogP contribution in [0.3, 0.4) is 0 Å². The highest BCUT2D eigenvalue weighted by Gasteiger charge is 2.11. The molecule has 12 heavy (non-hydrogen) atoms. The van der Waals surface area contributed by atoms with Crippen molar-refractivity contribution in [3.05, 3.63) is 0 Å². The van der Waals surface area contributed by atoms with E-state index in [0.717, 1.165) is 0 Å². The van der Waals surface area contributed by atoms with Crippen molar-refractivity contribution in [1.29, 1.82) is 0 Å². The van der Waals surface area contributed by atoms with E-state index in [2.05, 4.69) is 20.8 Å². The molecule has 0 spiro atoms. The summed E-state index contributed by atoms with van der Waals surface area (Å²) in [5.41, 5.74) is 0. The third kappa shape index (κ3) is 7.20. The number of hydrogen-bond donors (Lipinski definition) is 0. The fourth-order valence-corrected chi connectivity index (χ4v) is 4.61. The molecule has 0 nitrogen and oxygen atoms in total. The minimum Gasteiger partial charge on any atom is -0.0967 e. The van der Waals surface area contributed by atoms with E-state index < -0.39 is 0 Å². The summed E-state index contributed by atoms with van der Waals surface area (Å²) >= 11 is -0.256. The first kappa shape index (κ1) is 12.5. The molecule has 72 valence electrons. The summed E-state index contributed by atoms with van der Waals surface area (Å²) in [5, 5.41) is 4.73. The van der Waals surface area contributed by atoms with E-state index in [1.165, 1.54) is 37.4 Å². The lowest BCUT2D eigenvalue weighted by Gasteiger charge is -2.06. The van der Waals surface area contributed by atoms with Gasteiger partial charge in [-0.15, -0.1) is 0 Å². The first-order valence-electron chi connectivity index (χ1n) is 5.85. The second-order valence-electron chi connectivity index (χ2n) is 3.91. The molecular weight excluding hydrogens is 159 g/mol. The number of unbranched alkanes of at least 4 members (excludes halogenated alkanes) is 3. The molecule has 0 amide bonds. The lowest BCUT2D eigenvalue weighted by molar-refractivity contribution is 0.697. The Kier molecular flexibility index (Phi) is 10.0. The molecule has 0 saturated heterocycles. The molecule has 1 heteroatoms. The summed E-state index contributed by atoms with van der Waals surface area (Å²) < 4.78 is 0. The standard InChI is InChI=1S/C6H13.C3H7.C2H5.Al/c1-3-5-6-4-2;1-3-2;1-2;/h1,3-6H2,2H3;1,3H2,2H3;1H2,2H3;. The van der Waals surface area contributed by atoms with Gasteiger partial charge >= 0.3 is 0 Å². The molecule has 0 fully saturated rings. The van der Waals surface area contributed by atoms with E-state index in [9.17, 15) is 0 Å². The summed E-state index contributed by atoms with van der Waals surface area (Å²) in [4.78, 5) is 0.